The van der Waals surface area contributed by atoms with E-state index in [1.807, 2.05) is 17.2 Å². The van der Waals surface area contributed by atoms with Gasteiger partial charge in [0.1, 0.15) is 5.15 Å². The molecule has 11 heteroatoms. The molecule has 2 aromatic rings. The molecule has 1 atom stereocenters. The van der Waals surface area contributed by atoms with Gasteiger partial charge in [-0.1, -0.05) is 11.6 Å². The zero-order chi connectivity index (χ0) is 28.4. The van der Waals surface area contributed by atoms with Crippen LogP contribution in [-0.2, 0) is 11.3 Å². The average Bonchev–Trinajstić information content (AvgIpc) is 3.42. The molecule has 3 N–H and O–H groups in total. The van der Waals surface area contributed by atoms with Crippen molar-refractivity contribution in [2.75, 3.05) is 33.2 Å². The third-order valence-corrected chi connectivity index (χ3v) is 8.26. The topological polar surface area (TPSA) is 107 Å². The highest BCUT2D eigenvalue weighted by Crippen LogP contribution is 2.22. The van der Waals surface area contributed by atoms with Gasteiger partial charge >= 0.3 is 6.03 Å². The fraction of sp³-hybridized carbons (Fsp3) is 0.571. The third-order valence-electron chi connectivity index (χ3n) is 7.33. The van der Waals surface area contributed by atoms with Gasteiger partial charge in [-0.05, 0) is 80.5 Å². The minimum absolute atomic E-state index is 0.0207. The summed E-state index contributed by atoms with van der Waals surface area (Å²) in [7, 11) is 1.62. The van der Waals surface area contributed by atoms with Gasteiger partial charge in [0.05, 0.1) is 11.3 Å². The summed E-state index contributed by atoms with van der Waals surface area (Å²) in [4.78, 5) is 46.0. The maximum atomic E-state index is 13.1. The first kappa shape index (κ1) is 30.8. The van der Waals surface area contributed by atoms with Crippen LogP contribution in [0.4, 0.5) is 4.79 Å². The number of carbonyl (C=O) groups is 3. The number of nitrogens with zero attached hydrogens (tertiary/aromatic N) is 3. The molecule has 3 heterocycles. The predicted octanol–water partition coefficient (Wildman–Crippen LogP) is 4.12. The molecule has 2 aromatic heterocycles. The molecule has 214 valence electrons. The first-order valence-corrected chi connectivity index (χ1v) is 14.9. The summed E-state index contributed by atoms with van der Waals surface area (Å²) in [5, 5.41) is 13.2. The number of rotatable bonds is 12. The van der Waals surface area contributed by atoms with Crippen LogP contribution < -0.4 is 16.0 Å². The van der Waals surface area contributed by atoms with Gasteiger partial charge in [0, 0.05) is 58.3 Å². The van der Waals surface area contributed by atoms with Crippen molar-refractivity contribution in [2.45, 2.75) is 71.5 Å². The van der Waals surface area contributed by atoms with Gasteiger partial charge < -0.3 is 25.8 Å². The second-order valence-corrected chi connectivity index (χ2v) is 11.3. The van der Waals surface area contributed by atoms with Crippen molar-refractivity contribution in [3.8, 4) is 0 Å². The third kappa shape index (κ3) is 9.19. The van der Waals surface area contributed by atoms with Crippen molar-refractivity contribution in [1.82, 2.24) is 30.7 Å². The number of amides is 4. The van der Waals surface area contributed by atoms with Crippen LogP contribution >= 0.6 is 22.9 Å². The molecule has 0 unspecified atom stereocenters. The number of carbonyl (C=O) groups excluding carboxylic acids is 3. The molecule has 1 saturated heterocycles. The second kappa shape index (κ2) is 15.2. The molecule has 9 nitrogen and oxygen atoms in total. The number of hydrogen-bond acceptors (Lipinski definition) is 6. The minimum atomic E-state index is -0.120. The largest absolute Gasteiger partial charge is 0.359 e. The fourth-order valence-corrected chi connectivity index (χ4v) is 6.00. The number of aromatic nitrogens is 1. The zero-order valence-corrected chi connectivity index (χ0v) is 25.0. The van der Waals surface area contributed by atoms with Crippen molar-refractivity contribution in [1.29, 1.82) is 0 Å². The van der Waals surface area contributed by atoms with Crippen molar-refractivity contribution in [2.24, 2.45) is 0 Å². The monoisotopic (exact) mass is 576 g/mol. The number of hydrogen-bond donors (Lipinski definition) is 3. The Balaban J connectivity index is 1.48. The molecule has 0 aromatic carbocycles. The van der Waals surface area contributed by atoms with Crippen molar-refractivity contribution in [3.63, 3.8) is 0 Å². The van der Waals surface area contributed by atoms with Gasteiger partial charge in [0.25, 0.3) is 5.91 Å². The van der Waals surface area contributed by atoms with E-state index in [0.29, 0.717) is 54.9 Å². The number of piperidine rings is 1. The van der Waals surface area contributed by atoms with Gasteiger partial charge in [0.15, 0.2) is 0 Å². The van der Waals surface area contributed by atoms with E-state index in [0.717, 1.165) is 43.5 Å². The number of halogens is 1. The van der Waals surface area contributed by atoms with E-state index in [1.165, 1.54) is 0 Å². The fourth-order valence-electron chi connectivity index (χ4n) is 5.05. The van der Waals surface area contributed by atoms with E-state index in [1.54, 1.807) is 31.4 Å². The highest BCUT2D eigenvalue weighted by molar-refractivity contribution is 7.07. The number of likely N-dealkylation sites (tertiary alicyclic amines) is 1. The summed E-state index contributed by atoms with van der Waals surface area (Å²) in [6.07, 6.45) is 3.62. The quantitative estimate of drug-likeness (QED) is 0.260. The van der Waals surface area contributed by atoms with Crippen LogP contribution in [-0.4, -0.2) is 77.9 Å². The van der Waals surface area contributed by atoms with Gasteiger partial charge in [-0.15, -0.1) is 0 Å². The van der Waals surface area contributed by atoms with Crippen LogP contribution in [0.15, 0.2) is 22.9 Å². The van der Waals surface area contributed by atoms with Gasteiger partial charge in [-0.25, -0.2) is 9.78 Å². The number of urea groups is 1. The molecular formula is C28H41ClN6O3S. The highest BCUT2D eigenvalue weighted by Gasteiger charge is 2.29. The number of aryl methyl sites for hydroxylation is 2. The Hall–Kier alpha value is -2.69. The molecule has 0 spiro atoms. The Morgan fingerprint density at radius 3 is 2.59 bits per heavy atom. The molecule has 0 radical (unpaired) electrons. The molecule has 1 aliphatic rings. The molecule has 1 fully saturated rings. The zero-order valence-electron chi connectivity index (χ0n) is 23.4. The summed E-state index contributed by atoms with van der Waals surface area (Å²) in [5.74, 6) is -0.141. The number of nitrogens with one attached hydrogen (secondary N) is 3. The lowest BCUT2D eigenvalue weighted by molar-refractivity contribution is -0.120. The maximum Gasteiger partial charge on any atom is 0.317 e. The lowest BCUT2D eigenvalue weighted by atomic mass is 10.0. The summed E-state index contributed by atoms with van der Waals surface area (Å²) in [5.41, 5.74) is 3.18. The van der Waals surface area contributed by atoms with E-state index in [-0.39, 0.29) is 23.9 Å². The first-order valence-electron chi connectivity index (χ1n) is 13.6. The van der Waals surface area contributed by atoms with Crippen LogP contribution in [0.2, 0.25) is 5.15 Å². The molecular weight excluding hydrogens is 536 g/mol. The Morgan fingerprint density at radius 2 is 1.95 bits per heavy atom. The van der Waals surface area contributed by atoms with Crippen molar-refractivity contribution >= 4 is 40.8 Å². The summed E-state index contributed by atoms with van der Waals surface area (Å²) < 4.78 is 0. The van der Waals surface area contributed by atoms with E-state index in [4.69, 9.17) is 11.6 Å². The first-order chi connectivity index (χ1) is 18.7. The Labute approximate surface area is 240 Å². The highest BCUT2D eigenvalue weighted by atomic mass is 35.5. The van der Waals surface area contributed by atoms with E-state index in [2.05, 4.69) is 44.2 Å². The van der Waals surface area contributed by atoms with Gasteiger partial charge in [-0.2, -0.15) is 11.3 Å². The van der Waals surface area contributed by atoms with E-state index < -0.39 is 0 Å². The van der Waals surface area contributed by atoms with Crippen molar-refractivity contribution in [3.05, 3.63) is 50.4 Å². The van der Waals surface area contributed by atoms with Crippen LogP contribution in [0.3, 0.4) is 0 Å². The summed E-state index contributed by atoms with van der Waals surface area (Å²) in [6, 6.07) is 4.15. The van der Waals surface area contributed by atoms with Crippen molar-refractivity contribution < 1.29 is 14.4 Å². The summed E-state index contributed by atoms with van der Waals surface area (Å²) in [6.45, 7) is 9.27. The Bertz CT molecular complexity index is 1080. The molecule has 0 saturated carbocycles. The normalized spacial score (nSPS) is 15.0. The van der Waals surface area contributed by atoms with E-state index in [9.17, 15) is 14.4 Å². The second-order valence-electron chi connectivity index (χ2n) is 10.2. The molecule has 0 aliphatic carbocycles. The maximum absolute atomic E-state index is 13.1. The smallest absolute Gasteiger partial charge is 0.317 e. The van der Waals surface area contributed by atoms with Crippen LogP contribution in [0, 0.1) is 13.8 Å². The summed E-state index contributed by atoms with van der Waals surface area (Å²) >= 11 is 7.63. The Kier molecular flexibility index (Phi) is 12.0. The SMILES string of the molecule is CNC(=O)CCCNC(=O)N(Cc1ccsc1)C1CCN([C@H](C)CCNC(=O)c2c(C)cc(Cl)nc2C)CC1. The average molecular weight is 577 g/mol. The van der Waals surface area contributed by atoms with Crippen LogP contribution in [0.25, 0.3) is 0 Å². The minimum Gasteiger partial charge on any atom is -0.359 e. The predicted molar refractivity (Wildman–Crippen MR) is 156 cm³/mol. The molecule has 4 amide bonds. The molecule has 0 bridgehead atoms. The lowest BCUT2D eigenvalue weighted by Crippen LogP contribution is -2.52. The lowest BCUT2D eigenvalue weighted by Gasteiger charge is -2.40. The standard InChI is InChI=1S/C28H41ClN6O3S/c1-19-16-24(29)33-21(3)26(19)27(37)31-12-7-20(2)34-13-8-23(9-14-34)35(17-22-10-15-39-18-22)28(38)32-11-5-6-25(36)30-4/h10,15-16,18,20,23H,5-9,11-14,17H2,1-4H3,(H,30,36)(H,31,37)(H,32,38)/t20-/m1/s1. The Morgan fingerprint density at radius 1 is 1.21 bits per heavy atom. The number of thiophene rings is 1. The van der Waals surface area contributed by atoms with Crippen LogP contribution in [0.5, 0.6) is 0 Å². The van der Waals surface area contributed by atoms with Gasteiger partial charge in [0.2, 0.25) is 5.91 Å². The molecule has 3 rings (SSSR count). The number of pyridine rings is 1. The van der Waals surface area contributed by atoms with Gasteiger partial charge in [-0.3, -0.25) is 9.59 Å². The molecule has 1 aliphatic heterocycles. The molecule has 39 heavy (non-hydrogen) atoms. The van der Waals surface area contributed by atoms with Crippen LogP contribution in [0.1, 0.15) is 66.2 Å². The van der Waals surface area contributed by atoms with E-state index >= 15 is 0 Å².